The SMILES string of the molecule is CC(C)(CCOc1ccccc1Cl)C(N)=S. The van der Waals surface area contributed by atoms with E-state index in [1.165, 1.54) is 0 Å². The van der Waals surface area contributed by atoms with Gasteiger partial charge in [-0.1, -0.05) is 49.8 Å². The summed E-state index contributed by atoms with van der Waals surface area (Å²) >= 11 is 10.9. The molecular weight excluding hydrogens is 242 g/mol. The molecule has 0 heterocycles. The first kappa shape index (κ1) is 13.3. The van der Waals surface area contributed by atoms with Crippen molar-refractivity contribution in [2.45, 2.75) is 20.3 Å². The molecule has 0 aliphatic heterocycles. The number of nitrogens with two attached hydrogens (primary N) is 1. The minimum absolute atomic E-state index is 0.184. The van der Waals surface area contributed by atoms with Gasteiger partial charge in [-0.25, -0.2) is 0 Å². The van der Waals surface area contributed by atoms with Crippen LogP contribution in [0.25, 0.3) is 0 Å². The van der Waals surface area contributed by atoms with E-state index in [0.29, 0.717) is 22.4 Å². The molecule has 0 saturated heterocycles. The molecule has 0 aliphatic carbocycles. The van der Waals surface area contributed by atoms with Crippen LogP contribution in [0.2, 0.25) is 5.02 Å². The number of halogens is 1. The molecule has 0 unspecified atom stereocenters. The number of para-hydroxylation sites is 1. The van der Waals surface area contributed by atoms with Gasteiger partial charge in [0.2, 0.25) is 0 Å². The van der Waals surface area contributed by atoms with Crippen molar-refractivity contribution in [2.24, 2.45) is 11.1 Å². The van der Waals surface area contributed by atoms with Crippen LogP contribution in [0.3, 0.4) is 0 Å². The Morgan fingerprint density at radius 1 is 1.44 bits per heavy atom. The lowest BCUT2D eigenvalue weighted by Gasteiger charge is -2.22. The van der Waals surface area contributed by atoms with Crippen LogP contribution in [0.5, 0.6) is 5.75 Å². The third-order valence-corrected chi connectivity index (χ3v) is 3.35. The molecule has 0 bridgehead atoms. The molecule has 1 aromatic rings. The second-order valence-corrected chi connectivity index (χ2v) is 5.12. The summed E-state index contributed by atoms with van der Waals surface area (Å²) in [4.78, 5) is 0.509. The molecule has 0 aliphatic rings. The smallest absolute Gasteiger partial charge is 0.137 e. The quantitative estimate of drug-likeness (QED) is 0.821. The average molecular weight is 258 g/mol. The Kier molecular flexibility index (Phi) is 4.56. The van der Waals surface area contributed by atoms with Crippen molar-refractivity contribution in [1.29, 1.82) is 0 Å². The van der Waals surface area contributed by atoms with Crippen molar-refractivity contribution in [2.75, 3.05) is 6.61 Å². The maximum absolute atomic E-state index is 5.96. The third-order valence-electron chi connectivity index (χ3n) is 2.49. The lowest BCUT2D eigenvalue weighted by atomic mass is 9.90. The molecule has 0 spiro atoms. The summed E-state index contributed by atoms with van der Waals surface area (Å²) in [7, 11) is 0. The number of thiocarbonyl (C=S) groups is 1. The molecule has 16 heavy (non-hydrogen) atoms. The number of ether oxygens (including phenoxy) is 1. The Hall–Kier alpha value is -0.800. The molecule has 0 amide bonds. The van der Waals surface area contributed by atoms with Gasteiger partial charge in [0.15, 0.2) is 0 Å². The molecule has 4 heteroatoms. The summed E-state index contributed by atoms with van der Waals surface area (Å²) in [5, 5.41) is 0.621. The van der Waals surface area contributed by atoms with E-state index >= 15 is 0 Å². The molecule has 0 fully saturated rings. The highest BCUT2D eigenvalue weighted by Gasteiger charge is 2.21. The van der Waals surface area contributed by atoms with E-state index < -0.39 is 0 Å². The average Bonchev–Trinajstić information content (AvgIpc) is 2.20. The summed E-state index contributed by atoms with van der Waals surface area (Å²) in [6, 6.07) is 7.40. The van der Waals surface area contributed by atoms with Crippen LogP contribution in [0.4, 0.5) is 0 Å². The maximum Gasteiger partial charge on any atom is 0.137 e. The molecule has 0 atom stereocenters. The van der Waals surface area contributed by atoms with Crippen molar-refractivity contribution in [3.05, 3.63) is 29.3 Å². The number of hydrogen-bond donors (Lipinski definition) is 1. The van der Waals surface area contributed by atoms with Crippen LogP contribution in [-0.2, 0) is 0 Å². The highest BCUT2D eigenvalue weighted by molar-refractivity contribution is 7.80. The summed E-state index contributed by atoms with van der Waals surface area (Å²) in [6.07, 6.45) is 0.771. The van der Waals surface area contributed by atoms with Gasteiger partial charge in [0, 0.05) is 5.41 Å². The topological polar surface area (TPSA) is 35.2 Å². The maximum atomic E-state index is 5.96. The van der Waals surface area contributed by atoms with Gasteiger partial charge in [-0.2, -0.15) is 0 Å². The highest BCUT2D eigenvalue weighted by Crippen LogP contribution is 2.25. The van der Waals surface area contributed by atoms with E-state index in [2.05, 4.69) is 0 Å². The van der Waals surface area contributed by atoms with Gasteiger partial charge in [0.25, 0.3) is 0 Å². The molecule has 1 rings (SSSR count). The lowest BCUT2D eigenvalue weighted by molar-refractivity contribution is 0.270. The van der Waals surface area contributed by atoms with Gasteiger partial charge in [-0.3, -0.25) is 0 Å². The number of hydrogen-bond acceptors (Lipinski definition) is 2. The van der Waals surface area contributed by atoms with E-state index in [0.717, 1.165) is 6.42 Å². The van der Waals surface area contributed by atoms with Crippen LogP contribution in [0.1, 0.15) is 20.3 Å². The Bertz CT molecular complexity index is 379. The third kappa shape index (κ3) is 3.65. The molecule has 0 aromatic heterocycles. The fourth-order valence-electron chi connectivity index (χ4n) is 1.10. The monoisotopic (exact) mass is 257 g/mol. The molecular formula is C12H16ClNOS. The van der Waals surface area contributed by atoms with Gasteiger partial charge in [0.1, 0.15) is 5.75 Å². The van der Waals surface area contributed by atoms with E-state index in [4.69, 9.17) is 34.3 Å². The first-order valence-corrected chi connectivity index (χ1v) is 5.89. The second kappa shape index (κ2) is 5.51. The Balaban J connectivity index is 2.48. The van der Waals surface area contributed by atoms with Crippen molar-refractivity contribution in [3.63, 3.8) is 0 Å². The Morgan fingerprint density at radius 2 is 2.06 bits per heavy atom. The molecule has 2 nitrogen and oxygen atoms in total. The zero-order valence-corrected chi connectivity index (χ0v) is 11.1. The standard InChI is InChI=1S/C12H16ClNOS/c1-12(2,11(14)16)7-8-15-10-6-4-3-5-9(10)13/h3-6H,7-8H2,1-2H3,(H2,14,16). The fourth-order valence-corrected chi connectivity index (χ4v) is 1.39. The van der Waals surface area contributed by atoms with Crippen LogP contribution >= 0.6 is 23.8 Å². The zero-order chi connectivity index (χ0) is 12.2. The summed E-state index contributed by atoms with van der Waals surface area (Å²) in [6.45, 7) is 4.56. The minimum atomic E-state index is -0.184. The van der Waals surface area contributed by atoms with Gasteiger partial charge in [0.05, 0.1) is 16.6 Å². The molecule has 2 N–H and O–H groups in total. The first-order valence-electron chi connectivity index (χ1n) is 5.11. The molecule has 1 aromatic carbocycles. The highest BCUT2D eigenvalue weighted by atomic mass is 35.5. The zero-order valence-electron chi connectivity index (χ0n) is 9.50. The second-order valence-electron chi connectivity index (χ2n) is 4.28. The van der Waals surface area contributed by atoms with E-state index in [9.17, 15) is 0 Å². The number of benzene rings is 1. The summed E-state index contributed by atoms with van der Waals surface area (Å²) < 4.78 is 5.58. The van der Waals surface area contributed by atoms with Gasteiger partial charge in [-0.15, -0.1) is 0 Å². The largest absolute Gasteiger partial charge is 0.492 e. The Labute approximate surface area is 107 Å². The van der Waals surface area contributed by atoms with E-state index in [1.807, 2.05) is 32.0 Å². The Morgan fingerprint density at radius 3 is 2.62 bits per heavy atom. The van der Waals surface area contributed by atoms with Crippen molar-refractivity contribution < 1.29 is 4.74 Å². The van der Waals surface area contributed by atoms with Crippen molar-refractivity contribution >= 4 is 28.8 Å². The normalized spacial score (nSPS) is 11.2. The van der Waals surface area contributed by atoms with E-state index in [-0.39, 0.29) is 5.41 Å². The molecule has 0 radical (unpaired) electrons. The van der Waals surface area contributed by atoms with Crippen LogP contribution in [0, 0.1) is 5.41 Å². The lowest BCUT2D eigenvalue weighted by Crippen LogP contribution is -2.31. The van der Waals surface area contributed by atoms with Crippen molar-refractivity contribution in [1.82, 2.24) is 0 Å². The van der Waals surface area contributed by atoms with Crippen LogP contribution in [0.15, 0.2) is 24.3 Å². The summed E-state index contributed by atoms with van der Waals surface area (Å²) in [5.74, 6) is 0.697. The van der Waals surface area contributed by atoms with Crippen molar-refractivity contribution in [3.8, 4) is 5.75 Å². The summed E-state index contributed by atoms with van der Waals surface area (Å²) in [5.41, 5.74) is 5.45. The van der Waals surface area contributed by atoms with Crippen LogP contribution < -0.4 is 10.5 Å². The van der Waals surface area contributed by atoms with Gasteiger partial charge in [-0.05, 0) is 18.6 Å². The number of rotatable bonds is 5. The van der Waals surface area contributed by atoms with E-state index in [1.54, 1.807) is 6.07 Å². The minimum Gasteiger partial charge on any atom is -0.492 e. The van der Waals surface area contributed by atoms with Crippen LogP contribution in [-0.4, -0.2) is 11.6 Å². The van der Waals surface area contributed by atoms with Gasteiger partial charge >= 0.3 is 0 Å². The van der Waals surface area contributed by atoms with Gasteiger partial charge < -0.3 is 10.5 Å². The molecule has 0 saturated carbocycles. The predicted octanol–water partition coefficient (Wildman–Crippen LogP) is 3.42. The first-order chi connectivity index (χ1) is 7.43. The molecule has 88 valence electrons. The predicted molar refractivity (Wildman–Crippen MR) is 72.1 cm³/mol. The fraction of sp³-hybridized carbons (Fsp3) is 0.417.